The van der Waals surface area contributed by atoms with Gasteiger partial charge in [-0.25, -0.2) is 0 Å². The van der Waals surface area contributed by atoms with Gasteiger partial charge in [-0.3, -0.25) is 0 Å². The predicted molar refractivity (Wildman–Crippen MR) is 80.2 cm³/mol. The fourth-order valence-corrected chi connectivity index (χ4v) is 2.12. The highest BCUT2D eigenvalue weighted by molar-refractivity contribution is 7.18. The monoisotopic (exact) mass is 244 g/mol. The highest BCUT2D eigenvalue weighted by atomic mass is 31.0. The van der Waals surface area contributed by atoms with Crippen molar-refractivity contribution in [1.82, 2.24) is 0 Å². The predicted octanol–water partition coefficient (Wildman–Crippen LogP) is 5.81. The van der Waals surface area contributed by atoms with Gasteiger partial charge in [-0.1, -0.05) is 79.1 Å². The van der Waals surface area contributed by atoms with Crippen LogP contribution in [0.5, 0.6) is 0 Å². The Morgan fingerprint density at radius 1 is 0.875 bits per heavy atom. The van der Waals surface area contributed by atoms with E-state index in [2.05, 4.69) is 36.9 Å². The third-order valence-corrected chi connectivity index (χ3v) is 4.33. The maximum absolute atomic E-state index is 2.98. The van der Waals surface area contributed by atoms with Crippen LogP contribution in [0.25, 0.3) is 0 Å². The molecule has 0 spiro atoms. The van der Waals surface area contributed by atoms with Crippen molar-refractivity contribution in [1.29, 1.82) is 0 Å². The summed E-state index contributed by atoms with van der Waals surface area (Å²) in [5.74, 6) is 0.831. The minimum atomic E-state index is 0.418. The highest BCUT2D eigenvalue weighted by Crippen LogP contribution is 2.30. The summed E-state index contributed by atoms with van der Waals surface area (Å²) in [5.41, 5.74) is 0. The van der Waals surface area contributed by atoms with E-state index in [1.54, 1.807) is 0 Å². The van der Waals surface area contributed by atoms with Gasteiger partial charge < -0.3 is 0 Å². The molecule has 0 aromatic rings. The van der Waals surface area contributed by atoms with Gasteiger partial charge >= 0.3 is 0 Å². The molecule has 0 heterocycles. The Hall–Kier alpha value is 0.430. The van der Waals surface area contributed by atoms with Crippen molar-refractivity contribution in [3.8, 4) is 0 Å². The average Bonchev–Trinajstić information content (AvgIpc) is 2.20. The van der Waals surface area contributed by atoms with E-state index in [9.17, 15) is 0 Å². The average molecular weight is 244 g/mol. The standard InChI is InChI=1S/C15H33P/c1-5-6-7-8-9-10-11-12-13-14(2)15(3,4)16/h14H,5-13,16H2,1-4H3. The van der Waals surface area contributed by atoms with Crippen LogP contribution in [0.3, 0.4) is 0 Å². The van der Waals surface area contributed by atoms with Crippen LogP contribution in [0.4, 0.5) is 0 Å². The lowest BCUT2D eigenvalue weighted by Gasteiger charge is -2.26. The molecule has 0 aliphatic rings. The molecule has 0 amide bonds. The number of hydrogen-bond acceptors (Lipinski definition) is 0. The fourth-order valence-electron chi connectivity index (χ4n) is 1.96. The first-order chi connectivity index (χ1) is 7.48. The van der Waals surface area contributed by atoms with E-state index < -0.39 is 0 Å². The summed E-state index contributed by atoms with van der Waals surface area (Å²) >= 11 is 0. The molecule has 0 aliphatic carbocycles. The molecule has 0 aromatic heterocycles. The number of rotatable bonds is 10. The summed E-state index contributed by atoms with van der Waals surface area (Å²) in [5, 5.41) is 0.418. The molecule has 98 valence electrons. The second-order valence-electron chi connectivity index (χ2n) is 5.99. The third kappa shape index (κ3) is 9.64. The van der Waals surface area contributed by atoms with Gasteiger partial charge in [-0.15, -0.1) is 9.24 Å². The summed E-state index contributed by atoms with van der Waals surface area (Å²) in [6, 6.07) is 0. The zero-order valence-electron chi connectivity index (χ0n) is 12.0. The zero-order chi connectivity index (χ0) is 12.4. The highest BCUT2D eigenvalue weighted by Gasteiger charge is 2.19. The van der Waals surface area contributed by atoms with Crippen molar-refractivity contribution in [3.05, 3.63) is 0 Å². The molecular weight excluding hydrogens is 211 g/mol. The van der Waals surface area contributed by atoms with E-state index in [1.165, 1.54) is 57.8 Å². The summed E-state index contributed by atoms with van der Waals surface area (Å²) in [4.78, 5) is 0. The maximum Gasteiger partial charge on any atom is -0.0181 e. The van der Waals surface area contributed by atoms with Crippen molar-refractivity contribution in [2.24, 2.45) is 5.92 Å². The van der Waals surface area contributed by atoms with Gasteiger partial charge in [-0.05, 0) is 17.5 Å². The van der Waals surface area contributed by atoms with Crippen molar-refractivity contribution >= 4 is 9.24 Å². The Kier molecular flexibility index (Phi) is 9.71. The molecule has 0 saturated carbocycles. The normalized spacial score (nSPS) is 14.1. The molecule has 0 aromatic carbocycles. The first-order valence-electron chi connectivity index (χ1n) is 7.27. The molecule has 0 N–H and O–H groups in total. The van der Waals surface area contributed by atoms with Gasteiger partial charge in [0.05, 0.1) is 0 Å². The van der Waals surface area contributed by atoms with Crippen LogP contribution in [-0.4, -0.2) is 5.16 Å². The van der Waals surface area contributed by atoms with Gasteiger partial charge in [0.2, 0.25) is 0 Å². The molecule has 0 rings (SSSR count). The first-order valence-corrected chi connectivity index (χ1v) is 7.85. The van der Waals surface area contributed by atoms with Gasteiger partial charge in [0.15, 0.2) is 0 Å². The molecule has 0 aliphatic heterocycles. The lowest BCUT2D eigenvalue weighted by atomic mass is 9.91. The smallest absolute Gasteiger partial charge is 0.0181 e. The zero-order valence-corrected chi connectivity index (χ0v) is 13.2. The van der Waals surface area contributed by atoms with Gasteiger partial charge in [-0.2, -0.15) is 0 Å². The van der Waals surface area contributed by atoms with Gasteiger partial charge in [0.1, 0.15) is 0 Å². The summed E-state index contributed by atoms with van der Waals surface area (Å²) in [6.45, 7) is 9.32. The summed E-state index contributed by atoms with van der Waals surface area (Å²) in [7, 11) is 2.98. The second kappa shape index (κ2) is 9.46. The van der Waals surface area contributed by atoms with Crippen molar-refractivity contribution in [2.75, 3.05) is 0 Å². The third-order valence-electron chi connectivity index (χ3n) is 3.76. The molecule has 0 bridgehead atoms. The van der Waals surface area contributed by atoms with Crippen LogP contribution < -0.4 is 0 Å². The SMILES string of the molecule is CCCCCCCCCCC(C)C(C)(C)P. The van der Waals surface area contributed by atoms with E-state index in [0.717, 1.165) is 5.92 Å². The Morgan fingerprint density at radius 2 is 1.31 bits per heavy atom. The van der Waals surface area contributed by atoms with Crippen molar-refractivity contribution in [3.63, 3.8) is 0 Å². The maximum atomic E-state index is 2.98. The lowest BCUT2D eigenvalue weighted by Crippen LogP contribution is -2.20. The number of hydrogen-bond donors (Lipinski definition) is 0. The van der Waals surface area contributed by atoms with E-state index in [4.69, 9.17) is 0 Å². The Morgan fingerprint density at radius 3 is 1.75 bits per heavy atom. The van der Waals surface area contributed by atoms with E-state index in [1.807, 2.05) is 0 Å². The van der Waals surface area contributed by atoms with Gasteiger partial charge in [0, 0.05) is 0 Å². The Balaban J connectivity index is 3.21. The van der Waals surface area contributed by atoms with E-state index in [-0.39, 0.29) is 0 Å². The van der Waals surface area contributed by atoms with Crippen LogP contribution in [0.2, 0.25) is 0 Å². The molecule has 0 fully saturated rings. The van der Waals surface area contributed by atoms with Crippen LogP contribution in [0, 0.1) is 5.92 Å². The lowest BCUT2D eigenvalue weighted by molar-refractivity contribution is 0.406. The topological polar surface area (TPSA) is 0 Å². The Bertz CT molecular complexity index is 146. The fraction of sp³-hybridized carbons (Fsp3) is 1.00. The summed E-state index contributed by atoms with van der Waals surface area (Å²) < 4.78 is 0. The largest absolute Gasteiger partial charge is 0.131 e. The molecule has 0 nitrogen and oxygen atoms in total. The van der Waals surface area contributed by atoms with Crippen LogP contribution in [-0.2, 0) is 0 Å². The van der Waals surface area contributed by atoms with Crippen LogP contribution in [0.1, 0.15) is 85.5 Å². The van der Waals surface area contributed by atoms with Crippen LogP contribution in [0.15, 0.2) is 0 Å². The molecule has 2 unspecified atom stereocenters. The Labute approximate surface area is 106 Å². The molecule has 0 radical (unpaired) electrons. The van der Waals surface area contributed by atoms with Gasteiger partial charge in [0.25, 0.3) is 0 Å². The van der Waals surface area contributed by atoms with E-state index >= 15 is 0 Å². The second-order valence-corrected chi connectivity index (χ2v) is 7.47. The minimum absolute atomic E-state index is 0.418. The molecule has 16 heavy (non-hydrogen) atoms. The molecule has 1 heteroatoms. The van der Waals surface area contributed by atoms with Crippen molar-refractivity contribution < 1.29 is 0 Å². The molecular formula is C15H33P. The number of unbranched alkanes of at least 4 members (excludes halogenated alkanes) is 7. The summed E-state index contributed by atoms with van der Waals surface area (Å²) in [6.07, 6.45) is 12.9. The first kappa shape index (κ1) is 16.4. The minimum Gasteiger partial charge on any atom is -0.131 e. The van der Waals surface area contributed by atoms with E-state index in [0.29, 0.717) is 5.16 Å². The molecule has 2 atom stereocenters. The van der Waals surface area contributed by atoms with Crippen LogP contribution >= 0.6 is 9.24 Å². The quantitative estimate of drug-likeness (QED) is 0.336. The van der Waals surface area contributed by atoms with Crippen molar-refractivity contribution in [2.45, 2.75) is 90.6 Å². The molecule has 0 saturated heterocycles.